The van der Waals surface area contributed by atoms with Crippen LogP contribution in [0.3, 0.4) is 0 Å². The van der Waals surface area contributed by atoms with Crippen LogP contribution in [0, 0.1) is 17.5 Å². The van der Waals surface area contributed by atoms with Crippen molar-refractivity contribution in [2.75, 3.05) is 6.61 Å². The Bertz CT molecular complexity index is 1370. The number of benzene rings is 4. The molecule has 0 amide bonds. The SMILES string of the molecule is CCCc1ccc(-c2ccc(/C=C/c3ccc(-c4ccc(C5CO5)c(F)c4)cc3)c(F)c2F)cc1. The molecule has 5 rings (SSSR count). The molecule has 1 aliphatic heterocycles. The fraction of sp³-hybridized carbons (Fsp3) is 0.161. The van der Waals surface area contributed by atoms with Crippen LogP contribution in [0.5, 0.6) is 0 Å². The second kappa shape index (κ2) is 9.93. The Balaban J connectivity index is 1.32. The molecular weight excluding hydrogens is 445 g/mol. The lowest BCUT2D eigenvalue weighted by atomic mass is 9.99. The molecule has 1 aliphatic rings. The average Bonchev–Trinajstić information content (AvgIpc) is 3.71. The van der Waals surface area contributed by atoms with E-state index >= 15 is 0 Å². The van der Waals surface area contributed by atoms with Gasteiger partial charge in [-0.15, -0.1) is 0 Å². The Labute approximate surface area is 203 Å². The summed E-state index contributed by atoms with van der Waals surface area (Å²) in [5, 5.41) is 0. The molecule has 1 atom stereocenters. The van der Waals surface area contributed by atoms with E-state index in [0.717, 1.165) is 29.5 Å². The molecule has 35 heavy (non-hydrogen) atoms. The summed E-state index contributed by atoms with van der Waals surface area (Å²) < 4.78 is 49.1. The van der Waals surface area contributed by atoms with E-state index in [1.54, 1.807) is 30.4 Å². The Hall–Kier alpha value is -3.63. The molecule has 4 heteroatoms. The van der Waals surface area contributed by atoms with Crippen molar-refractivity contribution in [3.8, 4) is 22.3 Å². The van der Waals surface area contributed by atoms with E-state index in [-0.39, 0.29) is 23.0 Å². The van der Waals surface area contributed by atoms with Crippen molar-refractivity contribution in [3.63, 3.8) is 0 Å². The first-order chi connectivity index (χ1) is 17.0. The fourth-order valence-corrected chi connectivity index (χ4v) is 4.22. The third kappa shape index (κ3) is 5.08. The molecule has 1 unspecified atom stereocenters. The Morgan fingerprint density at radius 2 is 1.46 bits per heavy atom. The molecule has 0 spiro atoms. The maximum atomic E-state index is 14.8. The van der Waals surface area contributed by atoms with E-state index in [0.29, 0.717) is 17.7 Å². The lowest BCUT2D eigenvalue weighted by molar-refractivity contribution is 0.408. The third-order valence-electron chi connectivity index (χ3n) is 6.30. The van der Waals surface area contributed by atoms with E-state index in [4.69, 9.17) is 4.74 Å². The molecule has 176 valence electrons. The molecular formula is C31H25F3O. The molecule has 0 saturated carbocycles. The van der Waals surface area contributed by atoms with E-state index in [1.165, 1.54) is 11.6 Å². The summed E-state index contributed by atoms with van der Waals surface area (Å²) in [6.07, 6.45) is 5.16. The Morgan fingerprint density at radius 1 is 0.771 bits per heavy atom. The van der Waals surface area contributed by atoms with Crippen molar-refractivity contribution >= 4 is 12.2 Å². The average molecular weight is 471 g/mol. The van der Waals surface area contributed by atoms with Gasteiger partial charge in [0.05, 0.1) is 6.61 Å². The van der Waals surface area contributed by atoms with Crippen LogP contribution in [0.25, 0.3) is 34.4 Å². The molecule has 0 radical (unpaired) electrons. The lowest BCUT2D eigenvalue weighted by Crippen LogP contribution is -1.94. The van der Waals surface area contributed by atoms with Crippen molar-refractivity contribution in [1.82, 2.24) is 0 Å². The van der Waals surface area contributed by atoms with Gasteiger partial charge in [-0.1, -0.05) is 98.3 Å². The van der Waals surface area contributed by atoms with Crippen molar-refractivity contribution in [2.24, 2.45) is 0 Å². The minimum Gasteiger partial charge on any atom is -0.368 e. The zero-order chi connectivity index (χ0) is 24.4. The van der Waals surface area contributed by atoms with Crippen LogP contribution in [0.15, 0.2) is 78.9 Å². The van der Waals surface area contributed by atoms with Crippen molar-refractivity contribution < 1.29 is 17.9 Å². The lowest BCUT2D eigenvalue weighted by Gasteiger charge is -2.08. The maximum absolute atomic E-state index is 14.8. The van der Waals surface area contributed by atoms with Crippen LogP contribution < -0.4 is 0 Å². The number of aryl methyl sites for hydroxylation is 1. The summed E-state index contributed by atoms with van der Waals surface area (Å²) >= 11 is 0. The van der Waals surface area contributed by atoms with Gasteiger partial charge < -0.3 is 4.74 Å². The summed E-state index contributed by atoms with van der Waals surface area (Å²) in [4.78, 5) is 0. The highest BCUT2D eigenvalue weighted by Gasteiger charge is 2.27. The van der Waals surface area contributed by atoms with Crippen LogP contribution >= 0.6 is 0 Å². The van der Waals surface area contributed by atoms with Gasteiger partial charge in [0, 0.05) is 16.7 Å². The largest absolute Gasteiger partial charge is 0.368 e. The molecule has 1 nitrogen and oxygen atoms in total. The van der Waals surface area contributed by atoms with Crippen molar-refractivity contribution in [3.05, 3.63) is 119 Å². The molecule has 0 aromatic heterocycles. The monoisotopic (exact) mass is 470 g/mol. The molecule has 4 aromatic rings. The van der Waals surface area contributed by atoms with E-state index in [1.807, 2.05) is 54.6 Å². The molecule has 0 aliphatic carbocycles. The van der Waals surface area contributed by atoms with Gasteiger partial charge in [-0.25, -0.2) is 13.2 Å². The van der Waals surface area contributed by atoms with E-state index < -0.39 is 11.6 Å². The molecule has 0 N–H and O–H groups in total. The minimum atomic E-state index is -0.872. The number of rotatable bonds is 7. The topological polar surface area (TPSA) is 12.5 Å². The van der Waals surface area contributed by atoms with Gasteiger partial charge in [0.2, 0.25) is 0 Å². The number of hydrogen-bond donors (Lipinski definition) is 0. The normalized spacial score (nSPS) is 15.0. The van der Waals surface area contributed by atoms with Crippen LogP contribution in [0.4, 0.5) is 13.2 Å². The highest BCUT2D eigenvalue weighted by Crippen LogP contribution is 2.34. The number of halogens is 3. The van der Waals surface area contributed by atoms with E-state index in [9.17, 15) is 13.2 Å². The quantitative estimate of drug-likeness (QED) is 0.195. The Kier molecular flexibility index (Phi) is 6.56. The van der Waals surface area contributed by atoms with Crippen molar-refractivity contribution in [2.45, 2.75) is 25.9 Å². The number of epoxide rings is 1. The van der Waals surface area contributed by atoms with Crippen LogP contribution in [0.2, 0.25) is 0 Å². The summed E-state index contributed by atoms with van der Waals surface area (Å²) in [6, 6.07) is 23.4. The standard InChI is InChI=1S/C31H25F3O/c1-2-3-20-6-11-23(12-7-20)26-16-14-24(30(33)31(26)34)13-8-21-4-9-22(10-5-21)25-15-17-27(28(32)18-25)29-19-35-29/h4-18,29H,2-3,19H2,1H3/b13-8+. The van der Waals surface area contributed by atoms with Gasteiger partial charge in [-0.05, 0) is 40.3 Å². The Morgan fingerprint density at radius 3 is 2.11 bits per heavy atom. The van der Waals surface area contributed by atoms with Gasteiger partial charge in [0.25, 0.3) is 0 Å². The zero-order valence-electron chi connectivity index (χ0n) is 19.4. The second-order valence-electron chi connectivity index (χ2n) is 8.79. The molecule has 4 aromatic carbocycles. The third-order valence-corrected chi connectivity index (χ3v) is 6.30. The minimum absolute atomic E-state index is 0.123. The first-order valence-corrected chi connectivity index (χ1v) is 11.8. The molecule has 1 heterocycles. The predicted molar refractivity (Wildman–Crippen MR) is 135 cm³/mol. The summed E-state index contributed by atoms with van der Waals surface area (Å²) in [5.41, 5.74) is 5.31. The number of hydrogen-bond acceptors (Lipinski definition) is 1. The van der Waals surface area contributed by atoms with Gasteiger partial charge >= 0.3 is 0 Å². The van der Waals surface area contributed by atoms with Gasteiger partial charge in [-0.2, -0.15) is 0 Å². The van der Waals surface area contributed by atoms with Crippen LogP contribution in [0.1, 0.15) is 41.7 Å². The first-order valence-electron chi connectivity index (χ1n) is 11.8. The molecule has 1 fully saturated rings. The smallest absolute Gasteiger partial charge is 0.167 e. The van der Waals surface area contributed by atoms with Crippen LogP contribution in [-0.2, 0) is 11.2 Å². The summed E-state index contributed by atoms with van der Waals surface area (Å²) in [6.45, 7) is 2.67. The van der Waals surface area contributed by atoms with Crippen molar-refractivity contribution in [1.29, 1.82) is 0 Å². The fourth-order valence-electron chi connectivity index (χ4n) is 4.22. The van der Waals surface area contributed by atoms with E-state index in [2.05, 4.69) is 6.92 Å². The number of ether oxygens (including phenoxy) is 1. The first kappa shape index (κ1) is 23.1. The predicted octanol–water partition coefficient (Wildman–Crippen LogP) is 8.63. The summed E-state index contributed by atoms with van der Waals surface area (Å²) in [7, 11) is 0. The molecule has 0 bridgehead atoms. The maximum Gasteiger partial charge on any atom is 0.167 e. The highest BCUT2D eigenvalue weighted by molar-refractivity contribution is 5.74. The van der Waals surface area contributed by atoms with Crippen LogP contribution in [-0.4, -0.2) is 6.61 Å². The van der Waals surface area contributed by atoms with Gasteiger partial charge in [-0.3, -0.25) is 0 Å². The molecule has 1 saturated heterocycles. The zero-order valence-corrected chi connectivity index (χ0v) is 19.4. The van der Waals surface area contributed by atoms with Gasteiger partial charge in [0.15, 0.2) is 11.6 Å². The second-order valence-corrected chi connectivity index (χ2v) is 8.79. The summed E-state index contributed by atoms with van der Waals surface area (Å²) in [5.74, 6) is -2.00. The highest BCUT2D eigenvalue weighted by atomic mass is 19.2. The van der Waals surface area contributed by atoms with Gasteiger partial charge in [0.1, 0.15) is 11.9 Å².